The Morgan fingerprint density at radius 2 is 2.28 bits per heavy atom. The van der Waals surface area contributed by atoms with Crippen LogP contribution in [0.1, 0.15) is 15.4 Å². The van der Waals surface area contributed by atoms with Crippen molar-refractivity contribution in [2.45, 2.75) is 6.42 Å². The zero-order valence-electron chi connectivity index (χ0n) is 9.26. The maximum Gasteiger partial charge on any atom is 0.352 e. The minimum absolute atomic E-state index is 0.0450. The average Bonchev–Trinajstić information content (AvgIpc) is 2.67. The van der Waals surface area contributed by atoms with Crippen LogP contribution in [0.5, 0.6) is 0 Å². The van der Waals surface area contributed by atoms with Gasteiger partial charge < -0.3 is 13.9 Å². The third-order valence-electron chi connectivity index (χ3n) is 2.08. The van der Waals surface area contributed by atoms with Crippen molar-refractivity contribution in [3.63, 3.8) is 0 Å². The highest BCUT2D eigenvalue weighted by atomic mass is 32.1. The number of aromatic nitrogens is 1. The summed E-state index contributed by atoms with van der Waals surface area (Å²) in [5, 5.41) is 0.419. The molecule has 2 radical (unpaired) electrons. The molecule has 0 spiro atoms. The summed E-state index contributed by atoms with van der Waals surface area (Å²) in [5.74, 6) is -0.782. The molecule has 18 heavy (non-hydrogen) atoms. The van der Waals surface area contributed by atoms with Crippen molar-refractivity contribution in [1.82, 2.24) is 4.98 Å². The van der Waals surface area contributed by atoms with Crippen LogP contribution in [0, 0.1) is 0 Å². The summed E-state index contributed by atoms with van der Waals surface area (Å²) in [7, 11) is 6.20. The van der Waals surface area contributed by atoms with Gasteiger partial charge in [0.25, 0.3) is 0 Å². The van der Waals surface area contributed by atoms with E-state index < -0.39 is 17.3 Å². The van der Waals surface area contributed by atoms with Crippen LogP contribution in [0.2, 0.25) is 0 Å². The molecule has 0 atom stereocenters. The highest BCUT2D eigenvalue weighted by Crippen LogP contribution is 2.22. The zero-order chi connectivity index (χ0) is 13.3. The summed E-state index contributed by atoms with van der Waals surface area (Å²) in [4.78, 5) is 37.5. The molecule has 2 aromatic rings. The van der Waals surface area contributed by atoms with Crippen molar-refractivity contribution in [3.05, 3.63) is 27.1 Å². The summed E-state index contributed by atoms with van der Waals surface area (Å²) < 4.78 is 9.80. The Kier molecular flexibility index (Phi) is 3.29. The van der Waals surface area contributed by atoms with Gasteiger partial charge in [-0.05, 0) is 6.07 Å². The minimum atomic E-state index is -0.828. The van der Waals surface area contributed by atoms with E-state index in [0.717, 1.165) is 18.4 Å². The minimum Gasteiger partial charge on any atom is -0.465 e. The molecule has 0 saturated heterocycles. The van der Waals surface area contributed by atoms with E-state index in [2.05, 4.69) is 9.72 Å². The van der Waals surface area contributed by atoms with Crippen molar-refractivity contribution < 1.29 is 18.7 Å². The first-order chi connectivity index (χ1) is 8.51. The van der Waals surface area contributed by atoms with Crippen LogP contribution in [0.3, 0.4) is 0 Å². The monoisotopic (exact) mass is 263 g/mol. The SMILES string of the molecule is [B]C(=O)Cc1nc2oc(=O)c(C(=O)OC)cc2s1. The summed E-state index contributed by atoms with van der Waals surface area (Å²) in [6.45, 7) is 0. The number of rotatable bonds is 3. The first-order valence-corrected chi connectivity index (χ1v) is 5.63. The maximum absolute atomic E-state index is 11.5. The van der Waals surface area contributed by atoms with Crippen LogP contribution in [0.4, 0.5) is 0 Å². The number of nitrogens with zero attached hydrogens (tertiary/aromatic N) is 1. The van der Waals surface area contributed by atoms with Gasteiger partial charge in [-0.25, -0.2) is 14.6 Å². The Morgan fingerprint density at radius 3 is 2.89 bits per heavy atom. The number of methoxy groups -OCH3 is 1. The molecule has 0 bridgehead atoms. The zero-order valence-corrected chi connectivity index (χ0v) is 10.1. The first-order valence-electron chi connectivity index (χ1n) is 4.81. The van der Waals surface area contributed by atoms with Crippen molar-refractivity contribution in [3.8, 4) is 0 Å². The molecule has 0 aliphatic heterocycles. The van der Waals surface area contributed by atoms with Gasteiger partial charge in [-0.15, -0.1) is 11.3 Å². The summed E-state index contributed by atoms with van der Waals surface area (Å²) in [6.07, 6.45) is -0.0450. The smallest absolute Gasteiger partial charge is 0.352 e. The van der Waals surface area contributed by atoms with E-state index in [-0.39, 0.29) is 17.7 Å². The van der Waals surface area contributed by atoms with Crippen LogP contribution in [0.25, 0.3) is 10.4 Å². The predicted octanol–water partition coefficient (Wildman–Crippen LogP) is 0.274. The highest BCUT2D eigenvalue weighted by Gasteiger charge is 2.16. The van der Waals surface area contributed by atoms with Crippen molar-refractivity contribution in [2.75, 3.05) is 7.11 Å². The molecule has 6 nitrogen and oxygen atoms in total. The Hall–Kier alpha value is -1.96. The molecule has 0 amide bonds. The summed E-state index contributed by atoms with van der Waals surface area (Å²) in [5.41, 5.74) is -1.50. The normalized spacial score (nSPS) is 10.5. The quantitative estimate of drug-likeness (QED) is 0.583. The van der Waals surface area contributed by atoms with Crippen LogP contribution < -0.4 is 5.63 Å². The average molecular weight is 263 g/mol. The molecule has 0 aliphatic rings. The number of fused-ring (bicyclic) bond motifs is 1. The van der Waals surface area contributed by atoms with Gasteiger partial charge in [-0.3, -0.25) is 0 Å². The van der Waals surface area contributed by atoms with E-state index in [1.165, 1.54) is 6.07 Å². The Bertz CT molecular complexity index is 689. The molecule has 2 rings (SSSR count). The van der Waals surface area contributed by atoms with Crippen LogP contribution in [-0.4, -0.2) is 31.6 Å². The maximum atomic E-state index is 11.5. The lowest BCUT2D eigenvalue weighted by Gasteiger charge is -1.95. The fraction of sp³-hybridized carbons (Fsp3) is 0.200. The van der Waals surface area contributed by atoms with Crippen molar-refractivity contribution >= 4 is 41.2 Å². The molecular weight excluding hydrogens is 257 g/mol. The summed E-state index contributed by atoms with van der Waals surface area (Å²) in [6, 6.07) is 1.33. The van der Waals surface area contributed by atoms with E-state index in [0.29, 0.717) is 9.71 Å². The standard InChI is InChI=1S/C10H6BNO5S/c1-16-9(14)4-2-5-8(17-10(4)15)12-7(18-5)3-6(11)13/h2H,3H2,1H3. The molecule has 8 heteroatoms. The van der Waals surface area contributed by atoms with Gasteiger partial charge in [0.2, 0.25) is 5.71 Å². The van der Waals surface area contributed by atoms with E-state index in [1.54, 1.807) is 0 Å². The Labute approximate surface area is 106 Å². The molecule has 90 valence electrons. The molecular formula is C10H6BNO5S. The second-order valence-electron chi connectivity index (χ2n) is 3.36. The number of thiazole rings is 1. The van der Waals surface area contributed by atoms with E-state index in [4.69, 9.17) is 12.3 Å². The number of esters is 1. The molecule has 2 heterocycles. The van der Waals surface area contributed by atoms with Gasteiger partial charge in [0.1, 0.15) is 10.6 Å². The second-order valence-corrected chi connectivity index (χ2v) is 4.47. The number of ether oxygens (including phenoxy) is 1. The van der Waals surface area contributed by atoms with E-state index in [9.17, 15) is 14.4 Å². The van der Waals surface area contributed by atoms with Crippen molar-refractivity contribution in [1.29, 1.82) is 0 Å². The first kappa shape index (κ1) is 12.5. The molecule has 0 aliphatic carbocycles. The van der Waals surface area contributed by atoms with Gasteiger partial charge in [0, 0.05) is 6.42 Å². The van der Waals surface area contributed by atoms with Crippen LogP contribution >= 0.6 is 11.3 Å². The lowest BCUT2D eigenvalue weighted by atomic mass is 10.0. The second kappa shape index (κ2) is 4.73. The largest absolute Gasteiger partial charge is 0.465 e. The van der Waals surface area contributed by atoms with E-state index in [1.807, 2.05) is 0 Å². The summed E-state index contributed by atoms with van der Waals surface area (Å²) >= 11 is 1.12. The number of hydrogen-bond donors (Lipinski definition) is 0. The fourth-order valence-electron chi connectivity index (χ4n) is 1.34. The third kappa shape index (κ3) is 2.33. The van der Waals surface area contributed by atoms with Gasteiger partial charge in [-0.2, -0.15) is 0 Å². The lowest BCUT2D eigenvalue weighted by Crippen LogP contribution is -2.14. The number of carbonyl (C=O) groups excluding carboxylic acids is 2. The lowest BCUT2D eigenvalue weighted by molar-refractivity contribution is -0.111. The van der Waals surface area contributed by atoms with Crippen molar-refractivity contribution in [2.24, 2.45) is 0 Å². The van der Waals surface area contributed by atoms with Gasteiger partial charge >= 0.3 is 11.6 Å². The molecule has 0 N–H and O–H groups in total. The molecule has 0 unspecified atom stereocenters. The molecule has 0 saturated carbocycles. The Balaban J connectivity index is 2.54. The van der Waals surface area contributed by atoms with Crippen LogP contribution in [-0.2, 0) is 16.0 Å². The molecule has 2 aromatic heterocycles. The topological polar surface area (TPSA) is 86.5 Å². The third-order valence-corrected chi connectivity index (χ3v) is 3.06. The fourth-order valence-corrected chi connectivity index (χ4v) is 2.28. The number of hydrogen-bond acceptors (Lipinski definition) is 7. The van der Waals surface area contributed by atoms with Gasteiger partial charge in [0.15, 0.2) is 7.85 Å². The molecule has 0 aromatic carbocycles. The van der Waals surface area contributed by atoms with Gasteiger partial charge in [-0.1, -0.05) is 0 Å². The number of carbonyl (C=O) groups is 2. The molecule has 0 fully saturated rings. The highest BCUT2D eigenvalue weighted by molar-refractivity contribution is 7.18. The Morgan fingerprint density at radius 1 is 1.56 bits per heavy atom. The van der Waals surface area contributed by atoms with E-state index >= 15 is 0 Å². The predicted molar refractivity (Wildman–Crippen MR) is 64.0 cm³/mol. The van der Waals surface area contributed by atoms with Crippen LogP contribution in [0.15, 0.2) is 15.3 Å². The van der Waals surface area contributed by atoms with Gasteiger partial charge in [0.05, 0.1) is 17.5 Å².